The monoisotopic (exact) mass is 393 g/mol. The third-order valence-corrected chi connectivity index (χ3v) is 4.75. The molecule has 3 rings (SSSR count). The van der Waals surface area contributed by atoms with Gasteiger partial charge in [-0.1, -0.05) is 48.5 Å². The molecule has 0 aromatic heterocycles. The molecule has 0 atom stereocenters. The Morgan fingerprint density at radius 2 is 1.62 bits per heavy atom. The predicted molar refractivity (Wildman–Crippen MR) is 112 cm³/mol. The Kier molecular flexibility index (Phi) is 6.85. The number of para-hydroxylation sites is 1. The van der Waals surface area contributed by atoms with Crippen LogP contribution in [0.1, 0.15) is 16.7 Å². The average Bonchev–Trinajstić information content (AvgIpc) is 2.78. The number of carbonyl (C=O) groups is 1. The highest BCUT2D eigenvalue weighted by atomic mass is 19.1. The number of hydrogen-bond acceptors (Lipinski definition) is 3. The Labute approximate surface area is 170 Å². The summed E-state index contributed by atoms with van der Waals surface area (Å²) in [5, 5.41) is 0. The van der Waals surface area contributed by atoms with Crippen molar-refractivity contribution in [2.24, 2.45) is 0 Å². The second-order valence-electron chi connectivity index (χ2n) is 6.58. The highest BCUT2D eigenvalue weighted by Crippen LogP contribution is 2.30. The van der Waals surface area contributed by atoms with Crippen molar-refractivity contribution in [1.82, 2.24) is 0 Å². The van der Waals surface area contributed by atoms with E-state index in [0.29, 0.717) is 23.6 Å². The molecule has 4 nitrogen and oxygen atoms in total. The summed E-state index contributed by atoms with van der Waals surface area (Å²) < 4.78 is 24.2. The fraction of sp³-hybridized carbons (Fsp3) is 0.208. The molecule has 3 aromatic carbocycles. The molecule has 5 heteroatoms. The van der Waals surface area contributed by atoms with Crippen molar-refractivity contribution in [3.05, 3.63) is 89.5 Å². The van der Waals surface area contributed by atoms with E-state index >= 15 is 0 Å². The molecule has 150 valence electrons. The number of carbonyl (C=O) groups excluding carboxylic acids is 1. The predicted octanol–water partition coefficient (Wildman–Crippen LogP) is 4.80. The molecule has 0 unspecified atom stereocenters. The standard InChI is InChI=1S/C24H24FNO3/c1-28-21-12-13-23(29-2)20(15-21)17-26(24(27)16-25)22-11-7-6-10-19(22)14-18-8-4-3-5-9-18/h3-13,15H,14,16-17H2,1-2H3. The Morgan fingerprint density at radius 1 is 0.897 bits per heavy atom. The van der Waals surface area contributed by atoms with E-state index in [9.17, 15) is 9.18 Å². The number of alkyl halides is 1. The Hall–Kier alpha value is -3.34. The van der Waals surface area contributed by atoms with Gasteiger partial charge in [0.1, 0.15) is 11.5 Å². The van der Waals surface area contributed by atoms with Crippen LogP contribution < -0.4 is 14.4 Å². The molecule has 0 fully saturated rings. The summed E-state index contributed by atoms with van der Waals surface area (Å²) in [4.78, 5) is 14.0. The van der Waals surface area contributed by atoms with Gasteiger partial charge in [-0.15, -0.1) is 0 Å². The van der Waals surface area contributed by atoms with Gasteiger partial charge in [0.05, 0.1) is 20.8 Å². The van der Waals surface area contributed by atoms with Crippen LogP contribution in [-0.2, 0) is 17.8 Å². The zero-order valence-electron chi connectivity index (χ0n) is 16.6. The summed E-state index contributed by atoms with van der Waals surface area (Å²) in [6, 6.07) is 22.9. The van der Waals surface area contributed by atoms with Crippen molar-refractivity contribution in [2.45, 2.75) is 13.0 Å². The lowest BCUT2D eigenvalue weighted by Gasteiger charge is -2.25. The molecule has 1 amide bonds. The number of nitrogens with zero attached hydrogens (tertiary/aromatic N) is 1. The van der Waals surface area contributed by atoms with Crippen LogP contribution in [0.5, 0.6) is 11.5 Å². The third-order valence-electron chi connectivity index (χ3n) is 4.75. The second kappa shape index (κ2) is 9.73. The van der Waals surface area contributed by atoms with E-state index in [1.54, 1.807) is 32.4 Å². The van der Waals surface area contributed by atoms with Crippen LogP contribution in [0.15, 0.2) is 72.8 Å². The molecule has 3 aromatic rings. The summed E-state index contributed by atoms with van der Waals surface area (Å²) in [6.07, 6.45) is 0.641. The van der Waals surface area contributed by atoms with Gasteiger partial charge in [0, 0.05) is 11.3 Å². The summed E-state index contributed by atoms with van der Waals surface area (Å²) in [5.74, 6) is 0.657. The number of ether oxygens (including phenoxy) is 2. The molecule has 0 radical (unpaired) electrons. The number of amides is 1. The van der Waals surface area contributed by atoms with Crippen molar-refractivity contribution in [3.63, 3.8) is 0 Å². The lowest BCUT2D eigenvalue weighted by molar-refractivity contribution is -0.119. The van der Waals surface area contributed by atoms with E-state index in [1.807, 2.05) is 54.6 Å². The molecule has 0 heterocycles. The van der Waals surface area contributed by atoms with E-state index in [1.165, 1.54) is 4.90 Å². The van der Waals surface area contributed by atoms with E-state index < -0.39 is 12.6 Å². The number of anilines is 1. The van der Waals surface area contributed by atoms with Crippen LogP contribution in [0.3, 0.4) is 0 Å². The first-order chi connectivity index (χ1) is 14.2. The highest BCUT2D eigenvalue weighted by Gasteiger charge is 2.21. The fourth-order valence-electron chi connectivity index (χ4n) is 3.30. The first kappa shape index (κ1) is 20.4. The molecule has 0 N–H and O–H groups in total. The third kappa shape index (κ3) is 4.93. The second-order valence-corrected chi connectivity index (χ2v) is 6.58. The normalized spacial score (nSPS) is 10.4. The van der Waals surface area contributed by atoms with Crippen LogP contribution in [-0.4, -0.2) is 26.8 Å². The molecule has 0 saturated carbocycles. The molecule has 0 aliphatic carbocycles. The molecular formula is C24H24FNO3. The van der Waals surface area contributed by atoms with Crippen molar-refractivity contribution >= 4 is 11.6 Å². The van der Waals surface area contributed by atoms with Gasteiger partial charge < -0.3 is 14.4 Å². The van der Waals surface area contributed by atoms with Gasteiger partial charge in [0.2, 0.25) is 0 Å². The molecule has 0 spiro atoms. The van der Waals surface area contributed by atoms with Crippen LogP contribution in [0.2, 0.25) is 0 Å². The number of rotatable bonds is 8. The van der Waals surface area contributed by atoms with Crippen LogP contribution in [0, 0.1) is 0 Å². The van der Waals surface area contributed by atoms with Crippen molar-refractivity contribution in [2.75, 3.05) is 25.8 Å². The number of benzene rings is 3. The smallest absolute Gasteiger partial charge is 0.258 e. The van der Waals surface area contributed by atoms with E-state index in [-0.39, 0.29) is 6.54 Å². The average molecular weight is 393 g/mol. The van der Waals surface area contributed by atoms with Gasteiger partial charge >= 0.3 is 0 Å². The van der Waals surface area contributed by atoms with Gasteiger partial charge in [-0.25, -0.2) is 4.39 Å². The Morgan fingerprint density at radius 3 is 2.31 bits per heavy atom. The van der Waals surface area contributed by atoms with Crippen LogP contribution in [0.4, 0.5) is 10.1 Å². The number of halogens is 1. The van der Waals surface area contributed by atoms with Crippen molar-refractivity contribution < 1.29 is 18.7 Å². The van der Waals surface area contributed by atoms with Gasteiger partial charge in [-0.2, -0.15) is 0 Å². The largest absolute Gasteiger partial charge is 0.497 e. The minimum Gasteiger partial charge on any atom is -0.497 e. The maximum absolute atomic E-state index is 13.5. The van der Waals surface area contributed by atoms with Crippen LogP contribution in [0.25, 0.3) is 0 Å². The summed E-state index contributed by atoms with van der Waals surface area (Å²) >= 11 is 0. The van der Waals surface area contributed by atoms with Crippen LogP contribution >= 0.6 is 0 Å². The van der Waals surface area contributed by atoms with E-state index in [2.05, 4.69) is 0 Å². The molecule has 0 aliphatic rings. The summed E-state index contributed by atoms with van der Waals surface area (Å²) in [7, 11) is 3.14. The van der Waals surface area contributed by atoms with Crippen molar-refractivity contribution in [1.29, 1.82) is 0 Å². The van der Waals surface area contributed by atoms with Gasteiger partial charge in [-0.3, -0.25) is 4.79 Å². The lowest BCUT2D eigenvalue weighted by Crippen LogP contribution is -2.32. The zero-order chi connectivity index (χ0) is 20.6. The maximum atomic E-state index is 13.5. The maximum Gasteiger partial charge on any atom is 0.258 e. The topological polar surface area (TPSA) is 38.8 Å². The zero-order valence-corrected chi connectivity index (χ0v) is 16.6. The van der Waals surface area contributed by atoms with Crippen molar-refractivity contribution in [3.8, 4) is 11.5 Å². The lowest BCUT2D eigenvalue weighted by atomic mass is 10.0. The van der Waals surface area contributed by atoms with Gasteiger partial charge in [0.15, 0.2) is 6.67 Å². The summed E-state index contributed by atoms with van der Waals surface area (Å²) in [6.45, 7) is -0.902. The Bertz CT molecular complexity index is 959. The Balaban J connectivity index is 2.00. The minimum absolute atomic E-state index is 0.176. The number of hydrogen-bond donors (Lipinski definition) is 0. The minimum atomic E-state index is -1.08. The molecule has 0 saturated heterocycles. The SMILES string of the molecule is COc1ccc(OC)c(CN(C(=O)CF)c2ccccc2Cc2ccccc2)c1. The molecular weight excluding hydrogens is 369 g/mol. The number of methoxy groups -OCH3 is 2. The van der Waals surface area contributed by atoms with Gasteiger partial charge in [0.25, 0.3) is 5.91 Å². The first-order valence-electron chi connectivity index (χ1n) is 9.35. The van der Waals surface area contributed by atoms with E-state index in [4.69, 9.17) is 9.47 Å². The van der Waals surface area contributed by atoms with E-state index in [0.717, 1.165) is 16.7 Å². The fourth-order valence-corrected chi connectivity index (χ4v) is 3.30. The van der Waals surface area contributed by atoms with Gasteiger partial charge in [-0.05, 0) is 41.8 Å². The molecule has 29 heavy (non-hydrogen) atoms. The summed E-state index contributed by atoms with van der Waals surface area (Å²) in [5.41, 5.74) is 3.49. The molecule has 0 bridgehead atoms. The quantitative estimate of drug-likeness (QED) is 0.552. The molecule has 0 aliphatic heterocycles. The highest BCUT2D eigenvalue weighted by molar-refractivity contribution is 5.95. The first-order valence-corrected chi connectivity index (χ1v) is 9.35.